The molecule has 1 aromatic carbocycles. The van der Waals surface area contributed by atoms with Crippen molar-refractivity contribution >= 4 is 5.78 Å². The Hall–Kier alpha value is -2.94. The first kappa shape index (κ1) is 12.5. The molecule has 1 N–H and O–H groups in total. The highest BCUT2D eigenvalue weighted by Gasteiger charge is 2.12. The number of nitrogens with zero attached hydrogens (tertiary/aromatic N) is 2. The summed E-state index contributed by atoms with van der Waals surface area (Å²) in [7, 11) is 0. The predicted octanol–water partition coefficient (Wildman–Crippen LogP) is 0.600. The molecule has 1 heterocycles. The third kappa shape index (κ3) is 2.21. The Morgan fingerprint density at radius 1 is 1.37 bits per heavy atom. The van der Waals surface area contributed by atoms with Crippen molar-refractivity contribution in [2.24, 2.45) is 0 Å². The summed E-state index contributed by atoms with van der Waals surface area (Å²) < 4.78 is 0.831. The van der Waals surface area contributed by atoms with Crippen LogP contribution in [0, 0.1) is 11.3 Å². The third-order valence-electron chi connectivity index (χ3n) is 2.59. The number of Topliss-reactive ketones (excluding diaryl/α,β-unsaturated/α-hetero) is 1. The largest absolute Gasteiger partial charge is 0.333 e. The number of nitriles is 1. The van der Waals surface area contributed by atoms with Crippen molar-refractivity contribution in [3.63, 3.8) is 0 Å². The summed E-state index contributed by atoms with van der Waals surface area (Å²) in [6.45, 7) is 1.24. The highest BCUT2D eigenvalue weighted by Crippen LogP contribution is 2.06. The van der Waals surface area contributed by atoms with E-state index in [2.05, 4.69) is 4.98 Å². The average Bonchev–Trinajstić information content (AvgIpc) is 2.38. The first-order valence-electron chi connectivity index (χ1n) is 5.41. The Morgan fingerprint density at radius 2 is 2.11 bits per heavy atom. The van der Waals surface area contributed by atoms with Gasteiger partial charge in [-0.3, -0.25) is 9.59 Å². The lowest BCUT2D eigenvalue weighted by atomic mass is 10.2. The number of hydrogen-bond donors (Lipinski definition) is 1. The summed E-state index contributed by atoms with van der Waals surface area (Å²) >= 11 is 0. The highest BCUT2D eigenvalue weighted by atomic mass is 16.2. The molecule has 0 radical (unpaired) electrons. The van der Waals surface area contributed by atoms with Gasteiger partial charge in [-0.1, -0.05) is 6.07 Å². The van der Waals surface area contributed by atoms with Gasteiger partial charge in [0.1, 0.15) is 0 Å². The summed E-state index contributed by atoms with van der Waals surface area (Å²) in [5.74, 6) is -0.438. The van der Waals surface area contributed by atoms with Crippen molar-refractivity contribution in [3.05, 3.63) is 62.4 Å². The molecular formula is C13H9N3O3. The molecule has 2 rings (SSSR count). The fraction of sp³-hybridized carbons (Fsp3) is 0.0769. The van der Waals surface area contributed by atoms with Crippen molar-refractivity contribution < 1.29 is 4.79 Å². The van der Waals surface area contributed by atoms with Crippen molar-refractivity contribution in [3.8, 4) is 11.8 Å². The van der Waals surface area contributed by atoms with Crippen LogP contribution < -0.4 is 11.2 Å². The molecule has 0 spiro atoms. The van der Waals surface area contributed by atoms with Crippen molar-refractivity contribution in [2.75, 3.05) is 0 Å². The van der Waals surface area contributed by atoms with Crippen LogP contribution >= 0.6 is 0 Å². The van der Waals surface area contributed by atoms with Crippen LogP contribution in [0.15, 0.2) is 40.1 Å². The SMILES string of the molecule is CC(=O)c1c[nH]c(=O)n(-c2cccc(C#N)c2)c1=O. The maximum atomic E-state index is 12.1. The van der Waals surface area contributed by atoms with Gasteiger partial charge in [0.15, 0.2) is 5.78 Å². The van der Waals surface area contributed by atoms with Gasteiger partial charge >= 0.3 is 5.69 Å². The topological polar surface area (TPSA) is 95.7 Å². The maximum Gasteiger partial charge on any atom is 0.333 e. The van der Waals surface area contributed by atoms with Gasteiger partial charge in [-0.05, 0) is 25.1 Å². The van der Waals surface area contributed by atoms with Crippen LogP contribution in [0.2, 0.25) is 0 Å². The van der Waals surface area contributed by atoms with Gasteiger partial charge in [0, 0.05) is 6.20 Å². The standard InChI is InChI=1S/C13H9N3O3/c1-8(17)11-7-15-13(19)16(12(11)18)10-4-2-3-9(5-10)6-14/h2-5,7H,1H3,(H,15,19). The third-order valence-corrected chi connectivity index (χ3v) is 2.59. The molecule has 0 unspecified atom stereocenters. The van der Waals surface area contributed by atoms with Crippen LogP contribution in [-0.2, 0) is 0 Å². The van der Waals surface area contributed by atoms with E-state index in [0.717, 1.165) is 10.8 Å². The van der Waals surface area contributed by atoms with Crippen LogP contribution in [0.25, 0.3) is 5.69 Å². The zero-order valence-electron chi connectivity index (χ0n) is 10.0. The van der Waals surface area contributed by atoms with Gasteiger partial charge in [0.05, 0.1) is 22.9 Å². The quantitative estimate of drug-likeness (QED) is 0.795. The summed E-state index contributed by atoms with van der Waals surface area (Å²) in [6.07, 6.45) is 1.09. The molecule has 0 saturated carbocycles. The molecule has 0 fully saturated rings. The fourth-order valence-corrected chi connectivity index (χ4v) is 1.67. The minimum Gasteiger partial charge on any atom is -0.313 e. The first-order chi connectivity index (χ1) is 9.04. The fourth-order valence-electron chi connectivity index (χ4n) is 1.67. The molecule has 0 saturated heterocycles. The van der Waals surface area contributed by atoms with Gasteiger partial charge in [0.2, 0.25) is 0 Å². The van der Waals surface area contributed by atoms with Gasteiger partial charge in [0.25, 0.3) is 5.56 Å². The minimum atomic E-state index is -0.702. The molecule has 2 aromatic rings. The normalized spacial score (nSPS) is 9.89. The molecule has 19 heavy (non-hydrogen) atoms. The van der Waals surface area contributed by atoms with Gasteiger partial charge < -0.3 is 4.98 Å². The number of aromatic nitrogens is 2. The number of hydrogen-bond acceptors (Lipinski definition) is 4. The van der Waals surface area contributed by atoms with Crippen molar-refractivity contribution in [1.82, 2.24) is 9.55 Å². The molecule has 6 heteroatoms. The lowest BCUT2D eigenvalue weighted by Crippen LogP contribution is -2.36. The molecule has 0 atom stereocenters. The van der Waals surface area contributed by atoms with Crippen molar-refractivity contribution in [2.45, 2.75) is 6.92 Å². The smallest absolute Gasteiger partial charge is 0.313 e. The molecule has 0 aliphatic heterocycles. The van der Waals surface area contributed by atoms with Crippen LogP contribution in [0.5, 0.6) is 0 Å². The Morgan fingerprint density at radius 3 is 2.74 bits per heavy atom. The van der Waals surface area contributed by atoms with E-state index in [0.29, 0.717) is 5.56 Å². The summed E-state index contributed by atoms with van der Waals surface area (Å²) in [6, 6.07) is 7.95. The second kappa shape index (κ2) is 4.74. The Kier molecular flexibility index (Phi) is 3.12. The molecule has 6 nitrogen and oxygen atoms in total. The van der Waals surface area contributed by atoms with E-state index in [4.69, 9.17) is 5.26 Å². The van der Waals surface area contributed by atoms with Crippen LogP contribution in [0.3, 0.4) is 0 Å². The van der Waals surface area contributed by atoms with Gasteiger partial charge in [-0.25, -0.2) is 9.36 Å². The molecule has 0 aliphatic carbocycles. The Balaban J connectivity index is 2.79. The number of rotatable bonds is 2. The molecule has 0 bridgehead atoms. The Labute approximate surface area is 107 Å². The van der Waals surface area contributed by atoms with Crippen LogP contribution in [0.1, 0.15) is 22.8 Å². The van der Waals surface area contributed by atoms with E-state index in [1.54, 1.807) is 12.1 Å². The predicted molar refractivity (Wildman–Crippen MR) is 67.4 cm³/mol. The van der Waals surface area contributed by atoms with E-state index < -0.39 is 17.0 Å². The van der Waals surface area contributed by atoms with E-state index in [9.17, 15) is 14.4 Å². The molecule has 1 aromatic heterocycles. The lowest BCUT2D eigenvalue weighted by molar-refractivity contribution is 0.101. The molecule has 0 aliphatic rings. The number of H-pyrrole nitrogens is 1. The monoisotopic (exact) mass is 255 g/mol. The van der Waals surface area contributed by atoms with Gasteiger partial charge in [-0.15, -0.1) is 0 Å². The van der Waals surface area contributed by atoms with Gasteiger partial charge in [-0.2, -0.15) is 5.26 Å². The second-order valence-electron chi connectivity index (χ2n) is 3.87. The summed E-state index contributed by atoms with van der Waals surface area (Å²) in [5.41, 5.74) is -0.913. The number of carbonyl (C=O) groups is 1. The van der Waals surface area contributed by atoms with Crippen molar-refractivity contribution in [1.29, 1.82) is 5.26 Å². The average molecular weight is 255 g/mol. The first-order valence-corrected chi connectivity index (χ1v) is 5.41. The number of aromatic amines is 1. The maximum absolute atomic E-state index is 12.1. The zero-order chi connectivity index (χ0) is 14.0. The minimum absolute atomic E-state index is 0.109. The van der Waals surface area contributed by atoms with Crippen LogP contribution in [0.4, 0.5) is 0 Å². The number of ketones is 1. The molecule has 94 valence electrons. The van der Waals surface area contributed by atoms with Crippen LogP contribution in [-0.4, -0.2) is 15.3 Å². The highest BCUT2D eigenvalue weighted by molar-refractivity contribution is 5.93. The lowest BCUT2D eigenvalue weighted by Gasteiger charge is -2.05. The van der Waals surface area contributed by atoms with E-state index >= 15 is 0 Å². The summed E-state index contributed by atoms with van der Waals surface area (Å²) in [5, 5.41) is 8.81. The van der Waals surface area contributed by atoms with E-state index in [-0.39, 0.29) is 11.3 Å². The summed E-state index contributed by atoms with van der Waals surface area (Å²) in [4.78, 5) is 37.4. The van der Waals surface area contributed by atoms with E-state index in [1.807, 2.05) is 6.07 Å². The number of carbonyl (C=O) groups excluding carboxylic acids is 1. The Bertz CT molecular complexity index is 809. The molecule has 0 amide bonds. The molecular weight excluding hydrogens is 246 g/mol. The number of benzene rings is 1. The second-order valence-corrected chi connectivity index (χ2v) is 3.87. The van der Waals surface area contributed by atoms with E-state index in [1.165, 1.54) is 19.1 Å². The zero-order valence-corrected chi connectivity index (χ0v) is 10.0. The number of nitrogens with one attached hydrogen (secondary N) is 1.